The summed E-state index contributed by atoms with van der Waals surface area (Å²) in [6, 6.07) is 15.8. The SMILES string of the molecule is C[C@@H](NC(c1ccccc1)c1ccncc1)C1CCCC1. The van der Waals surface area contributed by atoms with Crippen LogP contribution in [0.3, 0.4) is 0 Å². The van der Waals surface area contributed by atoms with Crippen molar-refractivity contribution in [3.05, 3.63) is 66.0 Å². The molecule has 0 saturated heterocycles. The molecule has 110 valence electrons. The summed E-state index contributed by atoms with van der Waals surface area (Å²) in [5.74, 6) is 0.818. The van der Waals surface area contributed by atoms with Gasteiger partial charge < -0.3 is 5.32 Å². The molecule has 2 aromatic rings. The van der Waals surface area contributed by atoms with E-state index in [1.807, 2.05) is 12.4 Å². The zero-order valence-corrected chi connectivity index (χ0v) is 12.7. The predicted octanol–water partition coefficient (Wildman–Crippen LogP) is 4.34. The first-order valence-electron chi connectivity index (χ1n) is 8.05. The van der Waals surface area contributed by atoms with Gasteiger partial charge in [-0.15, -0.1) is 0 Å². The van der Waals surface area contributed by atoms with Crippen LogP contribution in [0, 0.1) is 5.92 Å². The van der Waals surface area contributed by atoms with Crippen molar-refractivity contribution in [1.82, 2.24) is 10.3 Å². The molecule has 1 aromatic heterocycles. The van der Waals surface area contributed by atoms with Crippen LogP contribution in [-0.4, -0.2) is 11.0 Å². The number of nitrogens with one attached hydrogen (secondary N) is 1. The minimum Gasteiger partial charge on any atom is -0.303 e. The van der Waals surface area contributed by atoms with E-state index in [4.69, 9.17) is 0 Å². The number of benzene rings is 1. The fraction of sp³-hybridized carbons (Fsp3) is 0.421. The van der Waals surface area contributed by atoms with Crippen molar-refractivity contribution in [2.24, 2.45) is 5.92 Å². The predicted molar refractivity (Wildman–Crippen MR) is 87.1 cm³/mol. The first-order chi connectivity index (χ1) is 10.3. The number of hydrogen-bond donors (Lipinski definition) is 1. The van der Waals surface area contributed by atoms with Gasteiger partial charge in [0.25, 0.3) is 0 Å². The largest absolute Gasteiger partial charge is 0.303 e. The van der Waals surface area contributed by atoms with Crippen LogP contribution in [0.1, 0.15) is 49.8 Å². The van der Waals surface area contributed by atoms with Crippen LogP contribution in [0.2, 0.25) is 0 Å². The van der Waals surface area contributed by atoms with Gasteiger partial charge in [-0.25, -0.2) is 0 Å². The van der Waals surface area contributed by atoms with Gasteiger partial charge in [-0.2, -0.15) is 0 Å². The van der Waals surface area contributed by atoms with Crippen LogP contribution < -0.4 is 5.32 Å². The minimum absolute atomic E-state index is 0.254. The van der Waals surface area contributed by atoms with E-state index in [1.165, 1.54) is 36.8 Å². The maximum Gasteiger partial charge on any atom is 0.0579 e. The Bertz CT molecular complexity index is 493. The highest BCUT2D eigenvalue weighted by Crippen LogP contribution is 2.30. The van der Waals surface area contributed by atoms with Crippen molar-refractivity contribution in [3.8, 4) is 0 Å². The van der Waals surface area contributed by atoms with Crippen LogP contribution in [-0.2, 0) is 0 Å². The third-order valence-electron chi connectivity index (χ3n) is 4.71. The van der Waals surface area contributed by atoms with E-state index in [0.717, 1.165) is 5.92 Å². The lowest BCUT2D eigenvalue weighted by Gasteiger charge is -2.28. The van der Waals surface area contributed by atoms with Crippen LogP contribution in [0.25, 0.3) is 0 Å². The Kier molecular flexibility index (Phi) is 4.66. The maximum atomic E-state index is 4.15. The minimum atomic E-state index is 0.254. The number of aromatic nitrogens is 1. The molecule has 21 heavy (non-hydrogen) atoms. The van der Waals surface area contributed by atoms with Gasteiger partial charge in [-0.05, 0) is 48.9 Å². The number of pyridine rings is 1. The monoisotopic (exact) mass is 280 g/mol. The molecule has 3 rings (SSSR count). The first-order valence-corrected chi connectivity index (χ1v) is 8.05. The lowest BCUT2D eigenvalue weighted by atomic mass is 9.94. The number of hydrogen-bond acceptors (Lipinski definition) is 2. The molecule has 1 aromatic carbocycles. The van der Waals surface area contributed by atoms with Gasteiger partial charge in [0.2, 0.25) is 0 Å². The highest BCUT2D eigenvalue weighted by atomic mass is 15.0. The maximum absolute atomic E-state index is 4.15. The summed E-state index contributed by atoms with van der Waals surface area (Å²) in [6.45, 7) is 2.34. The summed E-state index contributed by atoms with van der Waals surface area (Å²) in [5.41, 5.74) is 2.62. The molecule has 2 heteroatoms. The Labute approximate surface area is 127 Å². The van der Waals surface area contributed by atoms with Crippen LogP contribution >= 0.6 is 0 Å². The Morgan fingerprint density at radius 1 is 0.952 bits per heavy atom. The van der Waals surface area contributed by atoms with Crippen LogP contribution in [0.15, 0.2) is 54.9 Å². The molecule has 1 N–H and O–H groups in total. The average Bonchev–Trinajstić information content (AvgIpc) is 3.09. The third kappa shape index (κ3) is 3.51. The molecule has 0 radical (unpaired) electrons. The summed E-state index contributed by atoms with van der Waals surface area (Å²) in [7, 11) is 0. The summed E-state index contributed by atoms with van der Waals surface area (Å²) < 4.78 is 0. The molecule has 2 atom stereocenters. The highest BCUT2D eigenvalue weighted by Gasteiger charge is 2.24. The second-order valence-electron chi connectivity index (χ2n) is 6.12. The standard InChI is InChI=1S/C19H24N2/c1-15(16-7-5-6-8-16)21-19(17-9-3-2-4-10-17)18-11-13-20-14-12-18/h2-4,9-16,19,21H,5-8H2,1H3/t15-,19?/m1/s1. The first kappa shape index (κ1) is 14.3. The van der Waals surface area contributed by atoms with Crippen molar-refractivity contribution in [1.29, 1.82) is 0 Å². The zero-order valence-electron chi connectivity index (χ0n) is 12.7. The van der Waals surface area contributed by atoms with E-state index in [1.54, 1.807) is 0 Å². The smallest absolute Gasteiger partial charge is 0.0579 e. The van der Waals surface area contributed by atoms with Gasteiger partial charge >= 0.3 is 0 Å². The topological polar surface area (TPSA) is 24.9 Å². The molecule has 1 aliphatic rings. The lowest BCUT2D eigenvalue weighted by molar-refractivity contribution is 0.361. The van der Waals surface area contributed by atoms with Crippen LogP contribution in [0.4, 0.5) is 0 Å². The summed E-state index contributed by atoms with van der Waals surface area (Å²) in [4.78, 5) is 4.15. The second-order valence-corrected chi connectivity index (χ2v) is 6.12. The van der Waals surface area contributed by atoms with E-state index in [2.05, 4.69) is 59.7 Å². The summed E-state index contributed by atoms with van der Waals surface area (Å²) in [6.07, 6.45) is 9.28. The molecule has 0 bridgehead atoms. The third-order valence-corrected chi connectivity index (χ3v) is 4.71. The van der Waals surface area contributed by atoms with E-state index >= 15 is 0 Å². The number of nitrogens with zero attached hydrogens (tertiary/aromatic N) is 1. The second kappa shape index (κ2) is 6.86. The summed E-state index contributed by atoms with van der Waals surface area (Å²) in [5, 5.41) is 3.86. The Balaban J connectivity index is 1.82. The normalized spacial score (nSPS) is 18.5. The Morgan fingerprint density at radius 3 is 2.24 bits per heavy atom. The molecule has 2 nitrogen and oxygen atoms in total. The van der Waals surface area contributed by atoms with Crippen molar-refractivity contribution in [3.63, 3.8) is 0 Å². The molecule has 0 amide bonds. The molecule has 1 heterocycles. The molecular weight excluding hydrogens is 256 g/mol. The van der Waals surface area contributed by atoms with Crippen molar-refractivity contribution in [2.45, 2.75) is 44.7 Å². The fourth-order valence-electron chi connectivity index (χ4n) is 3.44. The van der Waals surface area contributed by atoms with E-state index in [9.17, 15) is 0 Å². The summed E-state index contributed by atoms with van der Waals surface area (Å²) >= 11 is 0. The lowest BCUT2D eigenvalue weighted by Crippen LogP contribution is -2.36. The Morgan fingerprint density at radius 2 is 1.57 bits per heavy atom. The molecule has 1 aliphatic carbocycles. The number of rotatable bonds is 5. The van der Waals surface area contributed by atoms with E-state index in [0.29, 0.717) is 6.04 Å². The highest BCUT2D eigenvalue weighted by molar-refractivity contribution is 5.30. The molecule has 0 aliphatic heterocycles. The van der Waals surface area contributed by atoms with Gasteiger partial charge in [0.15, 0.2) is 0 Å². The van der Waals surface area contributed by atoms with Crippen molar-refractivity contribution < 1.29 is 0 Å². The molecule has 1 fully saturated rings. The van der Waals surface area contributed by atoms with Gasteiger partial charge in [0, 0.05) is 18.4 Å². The molecule has 0 spiro atoms. The van der Waals surface area contributed by atoms with Crippen molar-refractivity contribution in [2.75, 3.05) is 0 Å². The average molecular weight is 280 g/mol. The fourth-order valence-corrected chi connectivity index (χ4v) is 3.44. The van der Waals surface area contributed by atoms with Crippen LogP contribution in [0.5, 0.6) is 0 Å². The van der Waals surface area contributed by atoms with Crippen molar-refractivity contribution >= 4 is 0 Å². The van der Waals surface area contributed by atoms with Gasteiger partial charge in [0.05, 0.1) is 6.04 Å². The molecule has 1 saturated carbocycles. The molecular formula is C19H24N2. The van der Waals surface area contributed by atoms with E-state index < -0.39 is 0 Å². The molecule has 1 unspecified atom stereocenters. The van der Waals surface area contributed by atoms with Gasteiger partial charge in [-0.3, -0.25) is 4.98 Å². The zero-order chi connectivity index (χ0) is 14.5. The van der Waals surface area contributed by atoms with Gasteiger partial charge in [-0.1, -0.05) is 43.2 Å². The van der Waals surface area contributed by atoms with Gasteiger partial charge in [0.1, 0.15) is 0 Å². The Hall–Kier alpha value is -1.67. The quantitative estimate of drug-likeness (QED) is 0.881. The van der Waals surface area contributed by atoms with E-state index in [-0.39, 0.29) is 6.04 Å².